The summed E-state index contributed by atoms with van der Waals surface area (Å²) in [5.74, 6) is -0.152. The number of carbonyl (C=O) groups is 2. The minimum Gasteiger partial charge on any atom is -0.340 e. The molecule has 2 rings (SSSR count). The molecule has 1 aliphatic heterocycles. The lowest BCUT2D eigenvalue weighted by Crippen LogP contribution is -2.69. The number of hydrogen-bond donors (Lipinski definition) is 1. The molecule has 1 aromatic rings. The van der Waals surface area contributed by atoms with Gasteiger partial charge in [0.1, 0.15) is 11.6 Å². The van der Waals surface area contributed by atoms with Gasteiger partial charge in [0, 0.05) is 6.20 Å². The highest BCUT2D eigenvalue weighted by atomic mass is 16.2. The Kier molecular flexibility index (Phi) is 4.25. The number of amides is 2. The lowest BCUT2D eigenvalue weighted by atomic mass is 9.87. The van der Waals surface area contributed by atoms with Crippen LogP contribution in [0.25, 0.3) is 0 Å². The van der Waals surface area contributed by atoms with Gasteiger partial charge in [-0.2, -0.15) is 0 Å². The summed E-state index contributed by atoms with van der Waals surface area (Å²) < 4.78 is 0. The first-order valence-corrected chi connectivity index (χ1v) is 7.34. The van der Waals surface area contributed by atoms with Crippen molar-refractivity contribution in [3.8, 4) is 0 Å². The quantitative estimate of drug-likeness (QED) is 0.904. The lowest BCUT2D eigenvalue weighted by Gasteiger charge is -2.44. The van der Waals surface area contributed by atoms with Crippen LogP contribution in [0.2, 0.25) is 0 Å². The molecular weight excluding hydrogens is 268 g/mol. The molecule has 2 heterocycles. The SMILES string of the molecule is CCC1(CC)NC(=O)C(C)N(Cc2cnc(C)cn2)C1=O. The second-order valence-electron chi connectivity index (χ2n) is 5.54. The van der Waals surface area contributed by atoms with E-state index in [4.69, 9.17) is 0 Å². The summed E-state index contributed by atoms with van der Waals surface area (Å²) in [5, 5.41) is 2.89. The van der Waals surface area contributed by atoms with Crippen molar-refractivity contribution in [3.05, 3.63) is 23.8 Å². The zero-order valence-corrected chi connectivity index (χ0v) is 13.0. The molecule has 1 unspecified atom stereocenters. The summed E-state index contributed by atoms with van der Waals surface area (Å²) in [4.78, 5) is 35.1. The summed E-state index contributed by atoms with van der Waals surface area (Å²) in [6, 6.07) is -0.494. The Hall–Kier alpha value is -1.98. The number of hydrogen-bond acceptors (Lipinski definition) is 4. The van der Waals surface area contributed by atoms with Crippen molar-refractivity contribution in [2.45, 2.75) is 58.7 Å². The third-order valence-electron chi connectivity index (χ3n) is 4.25. The van der Waals surface area contributed by atoms with Gasteiger partial charge in [0.15, 0.2) is 0 Å². The second kappa shape index (κ2) is 5.79. The molecule has 0 bridgehead atoms. The highest BCUT2D eigenvalue weighted by Gasteiger charge is 2.47. The molecule has 21 heavy (non-hydrogen) atoms. The Morgan fingerprint density at radius 3 is 2.43 bits per heavy atom. The number of nitrogens with one attached hydrogen (secondary N) is 1. The Morgan fingerprint density at radius 1 is 1.24 bits per heavy atom. The average molecular weight is 290 g/mol. The number of nitrogens with zero attached hydrogens (tertiary/aromatic N) is 3. The summed E-state index contributed by atoms with van der Waals surface area (Å²) in [6.45, 7) is 7.74. The number of rotatable bonds is 4. The molecule has 1 N–H and O–H groups in total. The standard InChI is InChI=1S/C15H22N4O2/c1-5-15(6-2)14(21)19(11(4)13(20)18-15)9-12-8-16-10(3)7-17-12/h7-8,11H,5-6,9H2,1-4H3,(H,18,20). The molecule has 0 spiro atoms. The van der Waals surface area contributed by atoms with Gasteiger partial charge >= 0.3 is 0 Å². The zero-order chi connectivity index (χ0) is 15.6. The van der Waals surface area contributed by atoms with Crippen molar-refractivity contribution in [3.63, 3.8) is 0 Å². The van der Waals surface area contributed by atoms with Gasteiger partial charge in [-0.3, -0.25) is 19.6 Å². The van der Waals surface area contributed by atoms with E-state index < -0.39 is 11.6 Å². The molecule has 1 aromatic heterocycles. The highest BCUT2D eigenvalue weighted by Crippen LogP contribution is 2.26. The first-order chi connectivity index (χ1) is 9.93. The van der Waals surface area contributed by atoms with Crippen LogP contribution in [0.3, 0.4) is 0 Å². The minimum absolute atomic E-state index is 0.0398. The number of carbonyl (C=O) groups excluding carboxylic acids is 2. The first-order valence-electron chi connectivity index (χ1n) is 7.34. The third kappa shape index (κ3) is 2.75. The van der Waals surface area contributed by atoms with E-state index in [1.165, 1.54) is 0 Å². The van der Waals surface area contributed by atoms with Gasteiger partial charge in [0.25, 0.3) is 0 Å². The smallest absolute Gasteiger partial charge is 0.249 e. The van der Waals surface area contributed by atoms with Crippen molar-refractivity contribution in [2.75, 3.05) is 0 Å². The Bertz CT molecular complexity index is 537. The van der Waals surface area contributed by atoms with Gasteiger partial charge < -0.3 is 10.2 Å². The van der Waals surface area contributed by atoms with E-state index >= 15 is 0 Å². The van der Waals surface area contributed by atoms with E-state index in [9.17, 15) is 9.59 Å². The van der Waals surface area contributed by atoms with Crippen LogP contribution < -0.4 is 5.32 Å². The minimum atomic E-state index is -0.790. The van der Waals surface area contributed by atoms with Crippen LogP contribution in [0.15, 0.2) is 12.4 Å². The molecule has 1 saturated heterocycles. The molecule has 1 aliphatic rings. The van der Waals surface area contributed by atoms with Crippen LogP contribution in [0.5, 0.6) is 0 Å². The molecule has 114 valence electrons. The molecule has 1 fully saturated rings. The molecule has 0 aliphatic carbocycles. The van der Waals surface area contributed by atoms with Crippen LogP contribution in [0, 0.1) is 6.92 Å². The van der Waals surface area contributed by atoms with Crippen LogP contribution in [-0.2, 0) is 16.1 Å². The van der Waals surface area contributed by atoms with Crippen molar-refractivity contribution < 1.29 is 9.59 Å². The van der Waals surface area contributed by atoms with Crippen LogP contribution >= 0.6 is 0 Å². The van der Waals surface area contributed by atoms with Gasteiger partial charge in [-0.25, -0.2) is 0 Å². The van der Waals surface area contributed by atoms with E-state index in [0.29, 0.717) is 25.1 Å². The van der Waals surface area contributed by atoms with E-state index in [2.05, 4.69) is 15.3 Å². The summed E-state index contributed by atoms with van der Waals surface area (Å²) >= 11 is 0. The normalized spacial score (nSPS) is 21.3. The van der Waals surface area contributed by atoms with Crippen molar-refractivity contribution >= 4 is 11.8 Å². The zero-order valence-electron chi connectivity index (χ0n) is 13.0. The Morgan fingerprint density at radius 2 is 1.90 bits per heavy atom. The molecule has 0 radical (unpaired) electrons. The molecule has 0 saturated carbocycles. The number of aryl methyl sites for hydroxylation is 1. The van der Waals surface area contributed by atoms with Gasteiger partial charge in [-0.15, -0.1) is 0 Å². The van der Waals surface area contributed by atoms with Crippen LogP contribution in [0.1, 0.15) is 45.0 Å². The van der Waals surface area contributed by atoms with Gasteiger partial charge in [-0.1, -0.05) is 13.8 Å². The predicted octanol–water partition coefficient (Wildman–Crippen LogP) is 1.19. The highest BCUT2D eigenvalue weighted by molar-refractivity contribution is 5.99. The number of piperazine rings is 1. The van der Waals surface area contributed by atoms with Crippen LogP contribution in [-0.4, -0.2) is 38.3 Å². The molecule has 6 nitrogen and oxygen atoms in total. The maximum Gasteiger partial charge on any atom is 0.249 e. The van der Waals surface area contributed by atoms with Gasteiger partial charge in [0.05, 0.1) is 24.1 Å². The second-order valence-corrected chi connectivity index (χ2v) is 5.54. The fourth-order valence-corrected chi connectivity index (χ4v) is 2.60. The molecular formula is C15H22N4O2. The topological polar surface area (TPSA) is 75.2 Å². The van der Waals surface area contributed by atoms with E-state index in [1.54, 1.807) is 24.2 Å². The number of aromatic nitrogens is 2. The van der Waals surface area contributed by atoms with Gasteiger partial charge in [-0.05, 0) is 26.7 Å². The fraction of sp³-hybridized carbons (Fsp3) is 0.600. The monoisotopic (exact) mass is 290 g/mol. The molecule has 1 atom stereocenters. The third-order valence-corrected chi connectivity index (χ3v) is 4.25. The maximum atomic E-state index is 12.8. The van der Waals surface area contributed by atoms with E-state index in [0.717, 1.165) is 5.69 Å². The average Bonchev–Trinajstić information content (AvgIpc) is 2.49. The first kappa shape index (κ1) is 15.4. The molecule has 6 heteroatoms. The van der Waals surface area contributed by atoms with E-state index in [1.807, 2.05) is 20.8 Å². The van der Waals surface area contributed by atoms with Crippen LogP contribution in [0.4, 0.5) is 0 Å². The molecule has 0 aromatic carbocycles. The van der Waals surface area contributed by atoms with Crippen molar-refractivity contribution in [1.82, 2.24) is 20.2 Å². The van der Waals surface area contributed by atoms with Gasteiger partial charge in [0.2, 0.25) is 11.8 Å². The fourth-order valence-electron chi connectivity index (χ4n) is 2.60. The predicted molar refractivity (Wildman–Crippen MR) is 78.2 cm³/mol. The summed E-state index contributed by atoms with van der Waals surface area (Å²) in [5.41, 5.74) is 0.726. The van der Waals surface area contributed by atoms with Crippen molar-refractivity contribution in [2.24, 2.45) is 0 Å². The lowest BCUT2D eigenvalue weighted by molar-refractivity contribution is -0.155. The van der Waals surface area contributed by atoms with E-state index in [-0.39, 0.29) is 11.8 Å². The summed E-state index contributed by atoms with van der Waals surface area (Å²) in [7, 11) is 0. The largest absolute Gasteiger partial charge is 0.340 e. The molecule has 2 amide bonds. The van der Waals surface area contributed by atoms with Crippen molar-refractivity contribution in [1.29, 1.82) is 0 Å². The maximum absolute atomic E-state index is 12.8. The Labute approximate surface area is 125 Å². The Balaban J connectivity index is 2.28. The summed E-state index contributed by atoms with van der Waals surface area (Å²) in [6.07, 6.45) is 4.48.